The Bertz CT molecular complexity index is 2480. The molecule has 5 heteroatoms. The summed E-state index contributed by atoms with van der Waals surface area (Å²) < 4.78 is 7.76. The molecular weight excluding hydrogens is 583 g/mol. The second-order valence-corrected chi connectivity index (χ2v) is 12.3. The van der Waals surface area contributed by atoms with E-state index in [4.69, 9.17) is 19.4 Å². The quantitative estimate of drug-likeness (QED) is 0.195. The van der Waals surface area contributed by atoms with Crippen molar-refractivity contribution < 1.29 is 4.42 Å². The Kier molecular flexibility index (Phi) is 6.28. The minimum atomic E-state index is 0.681. The summed E-state index contributed by atoms with van der Waals surface area (Å²) >= 11 is 1.68. The lowest BCUT2D eigenvalue weighted by Gasteiger charge is -2.11. The molecule has 9 aromatic rings. The van der Waals surface area contributed by atoms with Crippen LogP contribution in [-0.4, -0.2) is 15.0 Å². The van der Waals surface area contributed by atoms with Crippen LogP contribution in [0.25, 0.3) is 87.8 Å². The highest BCUT2D eigenvalue weighted by molar-refractivity contribution is 7.21. The van der Waals surface area contributed by atoms with Crippen LogP contribution in [0.1, 0.15) is 0 Å². The van der Waals surface area contributed by atoms with Crippen LogP contribution in [0.4, 0.5) is 0 Å². The number of fused-ring (bicyclic) bond motifs is 4. The maximum absolute atomic E-state index is 6.60. The summed E-state index contributed by atoms with van der Waals surface area (Å²) in [5.41, 5.74) is 10.7. The van der Waals surface area contributed by atoms with E-state index >= 15 is 0 Å². The number of hydrogen-bond acceptors (Lipinski definition) is 5. The summed E-state index contributed by atoms with van der Waals surface area (Å²) in [6, 6.07) is 52.0. The normalized spacial score (nSPS) is 11.5. The second kappa shape index (κ2) is 10.9. The van der Waals surface area contributed by atoms with Crippen molar-refractivity contribution in [2.45, 2.75) is 0 Å². The first kappa shape index (κ1) is 26.5. The number of para-hydroxylation sites is 2. The van der Waals surface area contributed by atoms with Gasteiger partial charge in [0.15, 0.2) is 5.82 Å². The first-order valence-electron chi connectivity index (χ1n) is 15.2. The summed E-state index contributed by atoms with van der Waals surface area (Å²) in [6.07, 6.45) is 0. The maximum atomic E-state index is 6.60. The molecular formula is C41H25N3OS. The molecule has 0 aliphatic rings. The van der Waals surface area contributed by atoms with Crippen molar-refractivity contribution in [1.29, 1.82) is 0 Å². The lowest BCUT2D eigenvalue weighted by atomic mass is 9.99. The van der Waals surface area contributed by atoms with E-state index < -0.39 is 0 Å². The molecule has 0 saturated heterocycles. The Hall–Kier alpha value is -5.91. The van der Waals surface area contributed by atoms with Crippen molar-refractivity contribution in [1.82, 2.24) is 15.0 Å². The van der Waals surface area contributed by atoms with Crippen LogP contribution in [0.5, 0.6) is 0 Å². The summed E-state index contributed by atoms with van der Waals surface area (Å²) in [7, 11) is 0. The Balaban J connectivity index is 1.23. The van der Waals surface area contributed by atoms with Gasteiger partial charge < -0.3 is 4.42 Å². The van der Waals surface area contributed by atoms with Gasteiger partial charge in [-0.15, -0.1) is 11.3 Å². The average Bonchev–Trinajstić information content (AvgIpc) is 3.74. The molecule has 0 atom stereocenters. The lowest BCUT2D eigenvalue weighted by molar-refractivity contribution is 0.670. The Morgan fingerprint density at radius 2 is 1.13 bits per heavy atom. The molecule has 0 unspecified atom stereocenters. The molecule has 9 rings (SSSR count). The van der Waals surface area contributed by atoms with Crippen molar-refractivity contribution in [3.8, 4) is 55.6 Å². The average molecular weight is 608 g/mol. The molecule has 0 spiro atoms. The molecule has 0 bridgehead atoms. The van der Waals surface area contributed by atoms with Crippen LogP contribution < -0.4 is 0 Å². The molecule has 46 heavy (non-hydrogen) atoms. The van der Waals surface area contributed by atoms with E-state index in [2.05, 4.69) is 109 Å². The molecule has 0 saturated carbocycles. The van der Waals surface area contributed by atoms with Crippen LogP contribution in [-0.2, 0) is 0 Å². The van der Waals surface area contributed by atoms with Crippen molar-refractivity contribution in [2.24, 2.45) is 0 Å². The van der Waals surface area contributed by atoms with Gasteiger partial charge in [0.05, 0.1) is 27.2 Å². The van der Waals surface area contributed by atoms with Gasteiger partial charge in [0, 0.05) is 27.5 Å². The van der Waals surface area contributed by atoms with E-state index in [1.54, 1.807) is 11.3 Å². The first-order valence-corrected chi connectivity index (χ1v) is 16.0. The van der Waals surface area contributed by atoms with Gasteiger partial charge >= 0.3 is 0 Å². The molecule has 0 aliphatic carbocycles. The van der Waals surface area contributed by atoms with E-state index in [1.807, 2.05) is 42.5 Å². The van der Waals surface area contributed by atoms with E-state index in [-0.39, 0.29) is 0 Å². The van der Waals surface area contributed by atoms with Gasteiger partial charge in [-0.05, 0) is 41.5 Å². The van der Waals surface area contributed by atoms with Crippen molar-refractivity contribution >= 4 is 43.5 Å². The predicted molar refractivity (Wildman–Crippen MR) is 190 cm³/mol. The molecule has 0 N–H and O–H groups in total. The van der Waals surface area contributed by atoms with E-state index in [9.17, 15) is 0 Å². The highest BCUT2D eigenvalue weighted by Gasteiger charge is 2.19. The fraction of sp³-hybridized carbons (Fsp3) is 0. The van der Waals surface area contributed by atoms with Crippen LogP contribution in [0.3, 0.4) is 0 Å². The smallest absolute Gasteiger partial charge is 0.160 e. The fourth-order valence-corrected chi connectivity index (χ4v) is 7.12. The predicted octanol–water partition coefficient (Wildman–Crippen LogP) is 11.3. The SMILES string of the molecule is c1ccc(-c2ccc(-c3cc(-c4cccc5oc6c(-c7nc8ccccc8s7)cccc6c45)nc(-c4ccccc4)n3)cc2)cc1. The van der Waals surface area contributed by atoms with E-state index in [0.29, 0.717) is 5.82 Å². The fourth-order valence-electron chi connectivity index (χ4n) is 6.13. The maximum Gasteiger partial charge on any atom is 0.160 e. The third kappa shape index (κ3) is 4.57. The zero-order valence-corrected chi connectivity index (χ0v) is 25.4. The molecule has 0 amide bonds. The van der Waals surface area contributed by atoms with Crippen molar-refractivity contribution in [3.05, 3.63) is 152 Å². The molecule has 0 radical (unpaired) electrons. The minimum Gasteiger partial charge on any atom is -0.455 e. The van der Waals surface area contributed by atoms with Gasteiger partial charge in [0.2, 0.25) is 0 Å². The molecule has 216 valence electrons. The van der Waals surface area contributed by atoms with Crippen molar-refractivity contribution in [2.75, 3.05) is 0 Å². The van der Waals surface area contributed by atoms with Crippen LogP contribution in [0.15, 0.2) is 156 Å². The number of benzene rings is 6. The molecule has 3 heterocycles. The standard InChI is InChI=1S/C41H25N3OS/c1-3-11-26(12-4-1)27-21-23-28(24-22-27)34-25-35(43-40(42-34)29-13-5-2-6-14-29)30-15-10-19-36-38(30)31-16-9-17-32(39(31)45-36)41-44-33-18-7-8-20-37(33)46-41/h1-25H. The first-order chi connectivity index (χ1) is 22.8. The molecule has 0 aliphatic heterocycles. The summed E-state index contributed by atoms with van der Waals surface area (Å²) in [5.74, 6) is 0.681. The van der Waals surface area contributed by atoms with Crippen LogP contribution in [0.2, 0.25) is 0 Å². The largest absolute Gasteiger partial charge is 0.455 e. The van der Waals surface area contributed by atoms with Gasteiger partial charge in [-0.2, -0.15) is 0 Å². The monoisotopic (exact) mass is 607 g/mol. The zero-order valence-electron chi connectivity index (χ0n) is 24.6. The molecule has 3 aromatic heterocycles. The second-order valence-electron chi connectivity index (χ2n) is 11.2. The zero-order chi connectivity index (χ0) is 30.5. The number of rotatable bonds is 5. The number of aromatic nitrogens is 3. The topological polar surface area (TPSA) is 51.8 Å². The lowest BCUT2D eigenvalue weighted by Crippen LogP contribution is -1.96. The summed E-state index contributed by atoms with van der Waals surface area (Å²) in [6.45, 7) is 0. The number of thiazole rings is 1. The summed E-state index contributed by atoms with van der Waals surface area (Å²) in [5, 5.41) is 3.02. The highest BCUT2D eigenvalue weighted by atomic mass is 32.1. The van der Waals surface area contributed by atoms with Gasteiger partial charge in [0.1, 0.15) is 16.2 Å². The number of furan rings is 1. The third-order valence-electron chi connectivity index (χ3n) is 8.37. The molecule has 4 nitrogen and oxygen atoms in total. The van der Waals surface area contributed by atoms with Crippen molar-refractivity contribution in [3.63, 3.8) is 0 Å². The number of hydrogen-bond donors (Lipinski definition) is 0. The number of nitrogens with zero attached hydrogens (tertiary/aromatic N) is 3. The van der Waals surface area contributed by atoms with E-state index in [1.165, 1.54) is 11.1 Å². The third-order valence-corrected chi connectivity index (χ3v) is 9.44. The molecule has 6 aromatic carbocycles. The Labute approximate surface area is 269 Å². The Morgan fingerprint density at radius 3 is 1.93 bits per heavy atom. The van der Waals surface area contributed by atoms with Gasteiger partial charge in [-0.1, -0.05) is 121 Å². The highest BCUT2D eigenvalue weighted by Crippen LogP contribution is 2.42. The Morgan fingerprint density at radius 1 is 0.478 bits per heavy atom. The van der Waals surface area contributed by atoms with Crippen LogP contribution >= 0.6 is 11.3 Å². The van der Waals surface area contributed by atoms with Gasteiger partial charge in [-0.3, -0.25) is 0 Å². The van der Waals surface area contributed by atoms with Crippen LogP contribution in [0, 0.1) is 0 Å². The molecule has 0 fully saturated rings. The van der Waals surface area contributed by atoms with Gasteiger partial charge in [0.25, 0.3) is 0 Å². The minimum absolute atomic E-state index is 0.681. The van der Waals surface area contributed by atoms with E-state index in [0.717, 1.165) is 70.8 Å². The summed E-state index contributed by atoms with van der Waals surface area (Å²) in [4.78, 5) is 15.1. The van der Waals surface area contributed by atoms with Gasteiger partial charge in [-0.25, -0.2) is 15.0 Å².